The van der Waals surface area contributed by atoms with Crippen molar-refractivity contribution < 1.29 is 14.6 Å². The number of unbranched alkanes of at least 4 members (excludes halogenated alkanes) is 2. The average molecular weight is 520 g/mol. The zero-order chi connectivity index (χ0) is 26.9. The second-order valence-corrected chi connectivity index (χ2v) is 11.8. The summed E-state index contributed by atoms with van der Waals surface area (Å²) in [5, 5.41) is 19.4. The lowest BCUT2D eigenvalue weighted by Gasteiger charge is -2.42. The summed E-state index contributed by atoms with van der Waals surface area (Å²) in [7, 11) is 1.92. The lowest BCUT2D eigenvalue weighted by atomic mass is 9.86. The van der Waals surface area contributed by atoms with E-state index >= 15 is 0 Å². The maximum absolute atomic E-state index is 12.5. The molecule has 0 amide bonds. The summed E-state index contributed by atoms with van der Waals surface area (Å²) in [4.78, 5) is 19.3. The summed E-state index contributed by atoms with van der Waals surface area (Å²) < 4.78 is 7.95. The molecule has 2 N–H and O–H groups in total. The van der Waals surface area contributed by atoms with Crippen molar-refractivity contribution >= 4 is 22.7 Å². The van der Waals surface area contributed by atoms with Crippen molar-refractivity contribution in [1.29, 1.82) is 0 Å². The number of fused-ring (bicyclic) bond motifs is 2. The number of pyridine rings is 1. The van der Waals surface area contributed by atoms with Crippen molar-refractivity contribution in [3.8, 4) is 0 Å². The number of carboxylic acids is 1. The molecule has 2 aliphatic rings. The van der Waals surface area contributed by atoms with Gasteiger partial charge in [0, 0.05) is 49.8 Å². The number of nitrogens with one attached hydrogen (secondary N) is 1. The van der Waals surface area contributed by atoms with Gasteiger partial charge in [0.2, 0.25) is 0 Å². The van der Waals surface area contributed by atoms with Gasteiger partial charge in [0.1, 0.15) is 11.9 Å². The molecule has 3 aromatic rings. The maximum atomic E-state index is 12.5. The van der Waals surface area contributed by atoms with E-state index in [-0.39, 0.29) is 11.5 Å². The first-order chi connectivity index (χ1) is 18.2. The van der Waals surface area contributed by atoms with Crippen molar-refractivity contribution in [2.24, 2.45) is 7.05 Å². The van der Waals surface area contributed by atoms with Gasteiger partial charge in [-0.2, -0.15) is 5.10 Å². The zero-order valence-electron chi connectivity index (χ0n) is 23.2. The molecule has 0 saturated carbocycles. The summed E-state index contributed by atoms with van der Waals surface area (Å²) in [5.74, 6) is 0.242. The Labute approximate surface area is 225 Å². The zero-order valence-corrected chi connectivity index (χ0v) is 23.2. The van der Waals surface area contributed by atoms with E-state index in [1.807, 2.05) is 34.8 Å². The summed E-state index contributed by atoms with van der Waals surface area (Å²) in [6.07, 6.45) is 6.57. The molecule has 0 radical (unpaired) electrons. The first-order valence-electron chi connectivity index (χ1n) is 14.0. The fourth-order valence-corrected chi connectivity index (χ4v) is 5.71. The van der Waals surface area contributed by atoms with Crippen LogP contribution in [0.25, 0.3) is 10.9 Å². The van der Waals surface area contributed by atoms with Gasteiger partial charge in [-0.05, 0) is 55.4 Å². The van der Waals surface area contributed by atoms with Crippen molar-refractivity contribution in [3.05, 3.63) is 52.8 Å². The van der Waals surface area contributed by atoms with Gasteiger partial charge in [-0.15, -0.1) is 0 Å². The first-order valence-corrected chi connectivity index (χ1v) is 14.0. The third-order valence-corrected chi connectivity index (χ3v) is 7.77. The number of aromatic nitrogens is 3. The highest BCUT2D eigenvalue weighted by Gasteiger charge is 2.39. The number of carbonyl (C=O) groups is 1. The van der Waals surface area contributed by atoms with Crippen LogP contribution in [-0.4, -0.2) is 63.1 Å². The Hall–Kier alpha value is -2.97. The molecule has 8 heteroatoms. The highest BCUT2D eigenvalue weighted by atomic mass is 16.5. The molecule has 0 aliphatic carbocycles. The molecule has 38 heavy (non-hydrogen) atoms. The third kappa shape index (κ3) is 5.57. The van der Waals surface area contributed by atoms with E-state index in [1.165, 1.54) is 12.0 Å². The molecule has 204 valence electrons. The standard InChI is InChI=1S/C30H41N5O3/c1-30(2,3)27-25-23(12-8-13-24(25)34(4)33-27)26(29(36)37)35-18-22(19-35)38-17-7-5-6-11-21-15-14-20-10-9-16-31-28(20)32-21/h8,12-15,22,26H,5-7,9-11,16-19H2,1-4H3,(H,31,32)(H,36,37). The number of nitrogens with zero attached hydrogens (tertiary/aromatic N) is 4. The molecule has 8 nitrogen and oxygen atoms in total. The van der Waals surface area contributed by atoms with E-state index in [2.05, 4.69) is 38.2 Å². The van der Waals surface area contributed by atoms with Gasteiger partial charge in [0.05, 0.1) is 17.3 Å². The van der Waals surface area contributed by atoms with Crippen LogP contribution < -0.4 is 5.32 Å². The molecule has 1 atom stereocenters. The van der Waals surface area contributed by atoms with Gasteiger partial charge in [-0.1, -0.05) is 45.4 Å². The monoisotopic (exact) mass is 519 g/mol. The van der Waals surface area contributed by atoms with Crippen LogP contribution in [0.3, 0.4) is 0 Å². The SMILES string of the molecule is Cn1nc(C(C)(C)C)c2c(C(C(=O)O)N3CC(OCCCCCc4ccc5c(n4)NCCC5)C3)cccc21. The molecule has 1 unspecified atom stereocenters. The predicted octanol–water partition coefficient (Wildman–Crippen LogP) is 4.86. The third-order valence-electron chi connectivity index (χ3n) is 7.77. The fraction of sp³-hybridized carbons (Fsp3) is 0.567. The van der Waals surface area contributed by atoms with Gasteiger partial charge >= 0.3 is 5.97 Å². The highest BCUT2D eigenvalue weighted by Crippen LogP contribution is 2.37. The Morgan fingerprint density at radius 3 is 2.76 bits per heavy atom. The number of anilines is 1. The lowest BCUT2D eigenvalue weighted by Crippen LogP contribution is -2.55. The van der Waals surface area contributed by atoms with Crippen LogP contribution in [0.5, 0.6) is 0 Å². The number of aliphatic carboxylic acids is 1. The number of rotatable bonds is 10. The van der Waals surface area contributed by atoms with Crippen molar-refractivity contribution in [1.82, 2.24) is 19.7 Å². The molecule has 2 aromatic heterocycles. The van der Waals surface area contributed by atoms with E-state index < -0.39 is 12.0 Å². The minimum Gasteiger partial charge on any atom is -0.480 e. The molecule has 0 bridgehead atoms. The van der Waals surface area contributed by atoms with Gasteiger partial charge < -0.3 is 15.2 Å². The Morgan fingerprint density at radius 1 is 1.18 bits per heavy atom. The van der Waals surface area contributed by atoms with Gasteiger partial charge in [-0.25, -0.2) is 4.98 Å². The average Bonchev–Trinajstić information content (AvgIpc) is 3.21. The first kappa shape index (κ1) is 26.6. The minimum atomic E-state index is -0.828. The lowest BCUT2D eigenvalue weighted by molar-refractivity contribution is -0.150. The largest absolute Gasteiger partial charge is 0.480 e. The van der Waals surface area contributed by atoms with Crippen LogP contribution in [0.2, 0.25) is 0 Å². The number of benzene rings is 1. The maximum Gasteiger partial charge on any atom is 0.325 e. The van der Waals surface area contributed by atoms with Crippen LogP contribution in [0.1, 0.15) is 75.0 Å². The number of carboxylic acid groups (broad SMARTS) is 1. The number of hydrogen-bond acceptors (Lipinski definition) is 6. The Bertz CT molecular complexity index is 1290. The van der Waals surface area contributed by atoms with E-state index in [4.69, 9.17) is 14.8 Å². The second-order valence-electron chi connectivity index (χ2n) is 11.8. The van der Waals surface area contributed by atoms with Crippen LogP contribution in [-0.2, 0) is 34.8 Å². The fourth-order valence-electron chi connectivity index (χ4n) is 5.71. The smallest absolute Gasteiger partial charge is 0.325 e. The van der Waals surface area contributed by atoms with Crippen LogP contribution >= 0.6 is 0 Å². The van der Waals surface area contributed by atoms with Gasteiger partial charge in [-0.3, -0.25) is 14.4 Å². The number of hydrogen-bond donors (Lipinski definition) is 2. The topological polar surface area (TPSA) is 92.5 Å². The van der Waals surface area contributed by atoms with Crippen LogP contribution in [0, 0.1) is 0 Å². The number of aryl methyl sites for hydroxylation is 3. The summed E-state index contributed by atoms with van der Waals surface area (Å²) in [6, 6.07) is 9.58. The Kier molecular flexibility index (Phi) is 7.73. The van der Waals surface area contributed by atoms with Crippen molar-refractivity contribution in [2.45, 2.75) is 76.9 Å². The normalized spacial score (nSPS) is 17.2. The molecule has 2 aliphatic heterocycles. The Balaban J connectivity index is 1.11. The molecular formula is C30H41N5O3. The van der Waals surface area contributed by atoms with E-state index in [0.29, 0.717) is 19.7 Å². The summed E-state index contributed by atoms with van der Waals surface area (Å²) >= 11 is 0. The molecule has 1 aromatic carbocycles. The van der Waals surface area contributed by atoms with Crippen LogP contribution in [0.4, 0.5) is 5.82 Å². The molecule has 5 rings (SSSR count). The minimum absolute atomic E-state index is 0.0837. The van der Waals surface area contributed by atoms with E-state index in [0.717, 1.165) is 72.3 Å². The highest BCUT2D eigenvalue weighted by molar-refractivity contribution is 5.91. The molecule has 4 heterocycles. The molecule has 1 fully saturated rings. The molecular weight excluding hydrogens is 478 g/mol. The Morgan fingerprint density at radius 2 is 2.00 bits per heavy atom. The predicted molar refractivity (Wildman–Crippen MR) is 150 cm³/mol. The number of ether oxygens (including phenoxy) is 1. The van der Waals surface area contributed by atoms with E-state index in [1.54, 1.807) is 0 Å². The number of likely N-dealkylation sites (tertiary alicyclic amines) is 1. The molecule has 1 saturated heterocycles. The van der Waals surface area contributed by atoms with Gasteiger partial charge in [0.15, 0.2) is 0 Å². The summed E-state index contributed by atoms with van der Waals surface area (Å²) in [5.41, 5.74) is 5.02. The quantitative estimate of drug-likeness (QED) is 0.370. The van der Waals surface area contributed by atoms with Gasteiger partial charge in [0.25, 0.3) is 0 Å². The van der Waals surface area contributed by atoms with Crippen molar-refractivity contribution in [3.63, 3.8) is 0 Å². The van der Waals surface area contributed by atoms with Crippen molar-refractivity contribution in [2.75, 3.05) is 31.6 Å². The second kappa shape index (κ2) is 11.0. The molecule has 0 spiro atoms. The summed E-state index contributed by atoms with van der Waals surface area (Å²) in [6.45, 7) is 9.35. The van der Waals surface area contributed by atoms with E-state index in [9.17, 15) is 9.90 Å². The van der Waals surface area contributed by atoms with Crippen LogP contribution in [0.15, 0.2) is 30.3 Å².